The maximum Gasteiger partial charge on any atom is 0.232 e. The molecule has 0 saturated carbocycles. The van der Waals surface area contributed by atoms with Gasteiger partial charge in [-0.3, -0.25) is 4.79 Å². The first-order valence-electron chi connectivity index (χ1n) is 11.4. The zero-order chi connectivity index (χ0) is 25.0. The third kappa shape index (κ3) is 6.19. The van der Waals surface area contributed by atoms with E-state index in [0.29, 0.717) is 29.9 Å². The van der Waals surface area contributed by atoms with Crippen molar-refractivity contribution in [2.75, 3.05) is 31.8 Å². The number of nitrogens with two attached hydrogens (primary N) is 1. The van der Waals surface area contributed by atoms with Crippen molar-refractivity contribution in [1.29, 1.82) is 0 Å². The molecule has 4 rings (SSSR count). The monoisotopic (exact) mass is 497 g/mol. The minimum Gasteiger partial charge on any atom is -0.486 e. The van der Waals surface area contributed by atoms with Crippen LogP contribution in [-0.4, -0.2) is 57.7 Å². The molecule has 2 heterocycles. The van der Waals surface area contributed by atoms with Crippen LogP contribution in [0.5, 0.6) is 17.2 Å². The van der Waals surface area contributed by atoms with Gasteiger partial charge in [-0.1, -0.05) is 56.8 Å². The number of para-hydroxylation sites is 2. The first-order chi connectivity index (χ1) is 16.7. The first kappa shape index (κ1) is 24.7. The van der Waals surface area contributed by atoms with Crippen molar-refractivity contribution >= 4 is 17.7 Å². The number of thioether (sulfide) groups is 1. The average Bonchev–Trinajstić information content (AvgIpc) is 3.19. The van der Waals surface area contributed by atoms with Gasteiger partial charge in [0, 0.05) is 7.05 Å². The lowest BCUT2D eigenvalue weighted by Crippen LogP contribution is -2.42. The summed E-state index contributed by atoms with van der Waals surface area (Å²) in [6.07, 6.45) is -0.233. The molecule has 1 aliphatic rings. The van der Waals surface area contributed by atoms with Crippen LogP contribution in [0, 0.1) is 0 Å². The van der Waals surface area contributed by atoms with Crippen molar-refractivity contribution in [3.63, 3.8) is 0 Å². The van der Waals surface area contributed by atoms with Gasteiger partial charge >= 0.3 is 0 Å². The summed E-state index contributed by atoms with van der Waals surface area (Å²) < 4.78 is 18.8. The molecule has 3 aromatic rings. The molecule has 2 N–H and O–H groups in total. The van der Waals surface area contributed by atoms with Crippen molar-refractivity contribution in [3.8, 4) is 17.2 Å². The summed E-state index contributed by atoms with van der Waals surface area (Å²) in [5.74, 6) is 8.84. The number of hydrogen-bond acceptors (Lipinski definition) is 8. The molecule has 1 unspecified atom stereocenters. The number of benzene rings is 2. The summed E-state index contributed by atoms with van der Waals surface area (Å²) in [6.45, 7) is 7.47. The molecule has 0 fully saturated rings. The number of carbonyl (C=O) groups excluding carboxylic acids is 1. The minimum absolute atomic E-state index is 0.0720. The van der Waals surface area contributed by atoms with Crippen LogP contribution in [0.2, 0.25) is 0 Å². The van der Waals surface area contributed by atoms with Gasteiger partial charge in [0.2, 0.25) is 11.1 Å². The van der Waals surface area contributed by atoms with E-state index in [2.05, 4.69) is 43.1 Å². The molecule has 1 amide bonds. The van der Waals surface area contributed by atoms with Crippen LogP contribution in [0.25, 0.3) is 0 Å². The Bertz CT molecular complexity index is 1160. The number of fused-ring (bicyclic) bond motifs is 1. The van der Waals surface area contributed by atoms with Gasteiger partial charge in [-0.05, 0) is 35.2 Å². The summed E-state index contributed by atoms with van der Waals surface area (Å²) in [7, 11) is 1.74. The Hall–Kier alpha value is -3.40. The standard InChI is InChI=1S/C25H31N5O4S/c1-25(2,3)17-9-11-18(12-10-17)32-15-22-27-28-24(30(22)26)35-16-23(31)29(4)13-19-14-33-20-7-5-6-8-21(20)34-19/h5-12,19H,13-16,26H2,1-4H3. The smallest absolute Gasteiger partial charge is 0.232 e. The number of nitrogen functional groups attached to an aromatic ring is 1. The van der Waals surface area contributed by atoms with Gasteiger partial charge in [0.15, 0.2) is 23.4 Å². The molecule has 186 valence electrons. The molecule has 1 aromatic heterocycles. The largest absolute Gasteiger partial charge is 0.486 e. The van der Waals surface area contributed by atoms with Crippen LogP contribution in [0.4, 0.5) is 0 Å². The first-order valence-corrected chi connectivity index (χ1v) is 12.4. The summed E-state index contributed by atoms with van der Waals surface area (Å²) in [5, 5.41) is 8.65. The van der Waals surface area contributed by atoms with E-state index < -0.39 is 0 Å². The number of rotatable bonds is 8. The number of hydrogen-bond donors (Lipinski definition) is 1. The van der Waals surface area contributed by atoms with E-state index in [1.165, 1.54) is 22.0 Å². The average molecular weight is 498 g/mol. The SMILES string of the molecule is CN(CC1COc2ccccc2O1)C(=O)CSc1nnc(COc2ccc(C(C)(C)C)cc2)n1N. The Morgan fingerprint density at radius 2 is 1.89 bits per heavy atom. The van der Waals surface area contributed by atoms with Gasteiger partial charge in [-0.15, -0.1) is 10.2 Å². The van der Waals surface area contributed by atoms with Crippen LogP contribution in [0.1, 0.15) is 32.2 Å². The fourth-order valence-corrected chi connectivity index (χ4v) is 4.32. The van der Waals surface area contributed by atoms with Crippen LogP contribution >= 0.6 is 11.8 Å². The normalized spacial score (nSPS) is 15.0. The third-order valence-corrected chi connectivity index (χ3v) is 6.55. The van der Waals surface area contributed by atoms with Gasteiger partial charge in [0.1, 0.15) is 19.0 Å². The summed E-state index contributed by atoms with van der Waals surface area (Å²) >= 11 is 1.23. The second-order valence-electron chi connectivity index (χ2n) is 9.39. The molecule has 10 heteroatoms. The van der Waals surface area contributed by atoms with Crippen molar-refractivity contribution in [2.45, 2.75) is 44.1 Å². The Labute approximate surface area is 209 Å². The van der Waals surface area contributed by atoms with E-state index in [0.717, 1.165) is 11.5 Å². The van der Waals surface area contributed by atoms with E-state index in [9.17, 15) is 4.79 Å². The molecule has 1 atom stereocenters. The molecule has 2 aromatic carbocycles. The van der Waals surface area contributed by atoms with E-state index in [1.807, 2.05) is 36.4 Å². The van der Waals surface area contributed by atoms with Gasteiger partial charge < -0.3 is 25.0 Å². The molecular formula is C25H31N5O4S. The third-order valence-electron chi connectivity index (χ3n) is 5.62. The van der Waals surface area contributed by atoms with Crippen molar-refractivity contribution in [1.82, 2.24) is 19.8 Å². The van der Waals surface area contributed by atoms with Crippen molar-refractivity contribution < 1.29 is 19.0 Å². The number of nitrogens with zero attached hydrogens (tertiary/aromatic N) is 4. The lowest BCUT2D eigenvalue weighted by molar-refractivity contribution is -0.128. The topological polar surface area (TPSA) is 105 Å². The van der Waals surface area contributed by atoms with Crippen molar-refractivity contribution in [2.24, 2.45) is 0 Å². The maximum atomic E-state index is 12.6. The highest BCUT2D eigenvalue weighted by atomic mass is 32.2. The number of likely N-dealkylation sites (N-methyl/N-ethyl adjacent to an activating group) is 1. The summed E-state index contributed by atoms with van der Waals surface area (Å²) in [5.41, 5.74) is 1.31. The Morgan fingerprint density at radius 1 is 1.17 bits per heavy atom. The predicted octanol–water partition coefficient (Wildman–Crippen LogP) is 3.26. The number of carbonyl (C=O) groups is 1. The van der Waals surface area contributed by atoms with Gasteiger partial charge in [0.25, 0.3) is 0 Å². The second kappa shape index (κ2) is 10.5. The lowest BCUT2D eigenvalue weighted by Gasteiger charge is -2.29. The van der Waals surface area contributed by atoms with Crippen LogP contribution < -0.4 is 20.1 Å². The molecule has 0 spiro atoms. The number of amides is 1. The molecule has 0 saturated heterocycles. The van der Waals surface area contributed by atoms with Crippen molar-refractivity contribution in [3.05, 3.63) is 59.9 Å². The number of ether oxygens (including phenoxy) is 3. The zero-order valence-electron chi connectivity index (χ0n) is 20.4. The summed E-state index contributed by atoms with van der Waals surface area (Å²) in [4.78, 5) is 14.3. The summed E-state index contributed by atoms with van der Waals surface area (Å²) in [6, 6.07) is 15.5. The zero-order valence-corrected chi connectivity index (χ0v) is 21.2. The second-order valence-corrected chi connectivity index (χ2v) is 10.3. The fourth-order valence-electron chi connectivity index (χ4n) is 3.50. The Morgan fingerprint density at radius 3 is 2.60 bits per heavy atom. The maximum absolute atomic E-state index is 12.6. The quantitative estimate of drug-likeness (QED) is 0.374. The molecule has 1 aliphatic heterocycles. The van der Waals surface area contributed by atoms with E-state index in [-0.39, 0.29) is 29.8 Å². The molecule has 9 nitrogen and oxygen atoms in total. The Balaban J connectivity index is 1.25. The van der Waals surface area contributed by atoms with Crippen LogP contribution in [0.15, 0.2) is 53.7 Å². The van der Waals surface area contributed by atoms with Gasteiger partial charge in [0.05, 0.1) is 12.3 Å². The molecular weight excluding hydrogens is 466 g/mol. The van der Waals surface area contributed by atoms with Gasteiger partial charge in [-0.2, -0.15) is 0 Å². The predicted molar refractivity (Wildman–Crippen MR) is 134 cm³/mol. The Kier molecular flexibility index (Phi) is 7.39. The molecule has 0 radical (unpaired) electrons. The van der Waals surface area contributed by atoms with Gasteiger partial charge in [-0.25, -0.2) is 4.68 Å². The highest BCUT2D eigenvalue weighted by Gasteiger charge is 2.24. The molecule has 0 bridgehead atoms. The van der Waals surface area contributed by atoms with E-state index >= 15 is 0 Å². The fraction of sp³-hybridized carbons (Fsp3) is 0.400. The molecule has 0 aliphatic carbocycles. The highest BCUT2D eigenvalue weighted by Crippen LogP contribution is 2.31. The molecule has 35 heavy (non-hydrogen) atoms. The number of aromatic nitrogens is 3. The minimum atomic E-state index is -0.233. The lowest BCUT2D eigenvalue weighted by atomic mass is 9.87. The van der Waals surface area contributed by atoms with Crippen LogP contribution in [-0.2, 0) is 16.8 Å². The van der Waals surface area contributed by atoms with E-state index in [4.69, 9.17) is 20.1 Å². The highest BCUT2D eigenvalue weighted by molar-refractivity contribution is 7.99. The van der Waals surface area contributed by atoms with Crippen LogP contribution in [0.3, 0.4) is 0 Å². The van der Waals surface area contributed by atoms with E-state index in [1.54, 1.807) is 11.9 Å².